The van der Waals surface area contributed by atoms with Crippen molar-refractivity contribution in [3.05, 3.63) is 87.7 Å². The number of rotatable bonds is 7. The van der Waals surface area contributed by atoms with Crippen LogP contribution in [0.1, 0.15) is 27.0 Å². The Hall–Kier alpha value is -3.16. The van der Waals surface area contributed by atoms with Gasteiger partial charge in [0.25, 0.3) is 5.91 Å². The van der Waals surface area contributed by atoms with Crippen molar-refractivity contribution in [2.24, 2.45) is 5.14 Å². The Balaban J connectivity index is 1.80. The summed E-state index contributed by atoms with van der Waals surface area (Å²) in [6.07, 6.45) is -4.87. The lowest BCUT2D eigenvalue weighted by Gasteiger charge is -2.26. The Morgan fingerprint density at radius 2 is 1.78 bits per heavy atom. The number of amides is 1. The van der Waals surface area contributed by atoms with Gasteiger partial charge in [-0.2, -0.15) is 13.2 Å². The third kappa shape index (κ3) is 6.74. The summed E-state index contributed by atoms with van der Waals surface area (Å²) in [5.74, 6) is -3.08. The summed E-state index contributed by atoms with van der Waals surface area (Å²) in [6, 6.07) is 9.25. The zero-order chi connectivity index (χ0) is 26.8. The van der Waals surface area contributed by atoms with E-state index >= 15 is 0 Å². The van der Waals surface area contributed by atoms with Gasteiger partial charge in [0.05, 0.1) is 16.0 Å². The molecule has 0 radical (unpaired) electrons. The number of ketones is 1. The number of halogens is 5. The molecule has 1 amide bonds. The van der Waals surface area contributed by atoms with E-state index < -0.39 is 52.2 Å². The van der Waals surface area contributed by atoms with Crippen molar-refractivity contribution in [2.45, 2.75) is 18.0 Å². The summed E-state index contributed by atoms with van der Waals surface area (Å²) in [6.45, 7) is 0.988. The Bertz CT molecular complexity index is 1330. The molecule has 36 heavy (non-hydrogen) atoms. The molecule has 0 saturated carbocycles. The highest BCUT2D eigenvalue weighted by Gasteiger charge is 2.32. The van der Waals surface area contributed by atoms with Gasteiger partial charge in [0.15, 0.2) is 12.4 Å². The number of carbonyl (C=O) groups is 2. The topological polar surface area (TPSA) is 122 Å². The zero-order valence-electron chi connectivity index (χ0n) is 18.4. The van der Waals surface area contributed by atoms with Gasteiger partial charge in [0, 0.05) is 16.3 Å². The van der Waals surface area contributed by atoms with E-state index in [1.807, 2.05) is 0 Å². The largest absolute Gasteiger partial charge is 0.483 e. The number of aryl methyl sites for hydroxylation is 1. The fourth-order valence-electron chi connectivity index (χ4n) is 3.14. The lowest BCUT2D eigenvalue weighted by atomic mass is 10.00. The molecule has 3 rings (SSSR count). The van der Waals surface area contributed by atoms with Gasteiger partial charge >= 0.3 is 6.18 Å². The second-order valence-corrected chi connectivity index (χ2v) is 9.70. The number of alkyl halides is 3. The molecule has 5 N–H and O–H groups in total. The van der Waals surface area contributed by atoms with Crippen molar-refractivity contribution in [3.63, 3.8) is 0 Å². The van der Waals surface area contributed by atoms with E-state index in [4.69, 9.17) is 21.5 Å². The smallest absolute Gasteiger partial charge is 0.416 e. The van der Waals surface area contributed by atoms with Crippen LogP contribution < -0.4 is 15.2 Å². The molecule has 3 aromatic carbocycles. The highest BCUT2D eigenvalue weighted by Crippen LogP contribution is 2.41. The molecule has 0 saturated heterocycles. The van der Waals surface area contributed by atoms with Gasteiger partial charge in [-0.3, -0.25) is 18.7 Å². The van der Waals surface area contributed by atoms with Crippen LogP contribution in [0, 0.1) is 12.7 Å². The first-order valence-electron chi connectivity index (χ1n) is 9.96. The second kappa shape index (κ2) is 10.4. The van der Waals surface area contributed by atoms with E-state index in [0.29, 0.717) is 23.4 Å². The van der Waals surface area contributed by atoms with Gasteiger partial charge in [-0.05, 0) is 67.1 Å². The molecule has 13 heteroatoms. The van der Waals surface area contributed by atoms with Crippen molar-refractivity contribution in [3.8, 4) is 5.75 Å². The van der Waals surface area contributed by atoms with E-state index in [9.17, 15) is 36.3 Å². The number of nitrogens with two attached hydrogens (primary N) is 1. The maximum Gasteiger partial charge on any atom is 0.416 e. The van der Waals surface area contributed by atoms with Crippen LogP contribution in [0.3, 0.4) is 0 Å². The van der Waals surface area contributed by atoms with Gasteiger partial charge in [-0.25, -0.2) is 9.53 Å². The summed E-state index contributed by atoms with van der Waals surface area (Å²) in [5.41, 5.74) is -1.40. The van der Waals surface area contributed by atoms with Gasteiger partial charge in [-0.15, -0.1) is 10.8 Å². The van der Waals surface area contributed by atoms with Gasteiger partial charge in [-0.1, -0.05) is 11.6 Å². The second-order valence-electron chi connectivity index (χ2n) is 7.60. The number of ether oxygens (including phenoxy) is 1. The Morgan fingerprint density at radius 1 is 1.08 bits per heavy atom. The van der Waals surface area contributed by atoms with Crippen molar-refractivity contribution >= 4 is 39.8 Å². The summed E-state index contributed by atoms with van der Waals surface area (Å²) >= 11 is 5.93. The molecule has 192 valence electrons. The number of hydrogen-bond acceptors (Lipinski definition) is 6. The molecule has 7 nitrogen and oxygen atoms in total. The molecule has 0 unspecified atom stereocenters. The number of carbonyl (C=O) groups excluding carboxylic acids is 2. The predicted molar refractivity (Wildman–Crippen MR) is 127 cm³/mol. The Morgan fingerprint density at radius 3 is 2.39 bits per heavy atom. The van der Waals surface area contributed by atoms with Crippen molar-refractivity contribution in [1.82, 2.24) is 0 Å². The average Bonchev–Trinajstić information content (AvgIpc) is 2.77. The lowest BCUT2D eigenvalue weighted by Crippen LogP contribution is -2.21. The van der Waals surface area contributed by atoms with E-state index in [1.165, 1.54) is 30.3 Å². The first-order chi connectivity index (χ1) is 16.6. The minimum atomic E-state index is -4.87. The molecule has 0 aliphatic carbocycles. The minimum absolute atomic E-state index is 0.0594. The van der Waals surface area contributed by atoms with Gasteiger partial charge in [0.2, 0.25) is 0 Å². The van der Waals surface area contributed by atoms with Crippen molar-refractivity contribution in [1.29, 1.82) is 0 Å². The molecule has 0 fully saturated rings. The SMILES string of the molecule is Cc1cc(S(N)(O)O)ccc1NC(=O)COc1ccc(Cl)cc1C(=O)c1cc(F)cc(C(F)(F)F)c1. The van der Waals surface area contributed by atoms with Crippen LogP contribution in [0.5, 0.6) is 5.75 Å². The maximum absolute atomic E-state index is 13.8. The first-order valence-corrected chi connectivity index (χ1v) is 12.0. The van der Waals surface area contributed by atoms with Crippen molar-refractivity contribution in [2.75, 3.05) is 11.9 Å². The zero-order valence-corrected chi connectivity index (χ0v) is 20.0. The van der Waals surface area contributed by atoms with Gasteiger partial charge in [0.1, 0.15) is 11.6 Å². The molecule has 0 bridgehead atoms. The molecule has 0 spiro atoms. The molecule has 0 aromatic heterocycles. The van der Waals surface area contributed by atoms with Crippen LogP contribution in [0.25, 0.3) is 0 Å². The van der Waals surface area contributed by atoms with Crippen LogP contribution in [0.15, 0.2) is 59.5 Å². The van der Waals surface area contributed by atoms with Crippen LogP contribution >= 0.6 is 22.4 Å². The fourth-order valence-corrected chi connectivity index (χ4v) is 3.93. The average molecular weight is 547 g/mol. The molecule has 3 aromatic rings. The summed E-state index contributed by atoms with van der Waals surface area (Å²) in [5, 5.41) is 7.89. The Kier molecular flexibility index (Phi) is 7.96. The maximum atomic E-state index is 13.8. The monoisotopic (exact) mass is 546 g/mol. The molecular weight excluding hydrogens is 528 g/mol. The summed E-state index contributed by atoms with van der Waals surface area (Å²) in [7, 11) is -3.44. The third-order valence-corrected chi connectivity index (χ3v) is 6.03. The number of anilines is 1. The highest BCUT2D eigenvalue weighted by atomic mass is 35.5. The molecule has 0 atom stereocenters. The fraction of sp³-hybridized carbons (Fsp3) is 0.130. The van der Waals surface area contributed by atoms with Crippen LogP contribution in [0.4, 0.5) is 23.2 Å². The lowest BCUT2D eigenvalue weighted by molar-refractivity contribution is -0.137. The number of hydrogen-bond donors (Lipinski definition) is 4. The predicted octanol–water partition coefficient (Wildman–Crippen LogP) is 6.04. The molecule has 0 aliphatic rings. The normalized spacial score (nSPS) is 12.2. The first kappa shape index (κ1) is 27.4. The standard InChI is InChI=1S/C23H19ClF4N2O5S/c1-12-6-17(36(29,33)34)3-4-19(12)30-21(31)11-35-20-5-2-15(24)10-18(20)22(32)13-7-14(23(26,27)28)9-16(25)8-13/h2-10,33-34H,11,29H2,1H3,(H,30,31). The van der Waals surface area contributed by atoms with Crippen LogP contribution in [-0.2, 0) is 11.0 Å². The molecule has 0 heterocycles. The highest BCUT2D eigenvalue weighted by molar-refractivity contribution is 8.22. The summed E-state index contributed by atoms with van der Waals surface area (Å²) in [4.78, 5) is 25.4. The van der Waals surface area contributed by atoms with Gasteiger partial charge < -0.3 is 10.1 Å². The molecular formula is C23H19ClF4N2O5S. The van der Waals surface area contributed by atoms with Crippen molar-refractivity contribution < 1.29 is 41.0 Å². The number of benzene rings is 3. The Labute approximate surface area is 209 Å². The third-order valence-electron chi connectivity index (χ3n) is 4.85. The quantitative estimate of drug-likeness (QED) is 0.212. The van der Waals surface area contributed by atoms with Crippen LogP contribution in [-0.4, -0.2) is 27.4 Å². The molecule has 0 aliphatic heterocycles. The number of nitrogens with one attached hydrogen (secondary N) is 1. The van der Waals surface area contributed by atoms with E-state index in [-0.39, 0.29) is 27.3 Å². The minimum Gasteiger partial charge on any atom is -0.483 e. The summed E-state index contributed by atoms with van der Waals surface area (Å²) < 4.78 is 77.5. The van der Waals surface area contributed by atoms with Crippen LogP contribution in [0.2, 0.25) is 5.02 Å². The van der Waals surface area contributed by atoms with E-state index in [1.54, 1.807) is 6.92 Å². The van der Waals surface area contributed by atoms with E-state index in [2.05, 4.69) is 5.32 Å². The van der Waals surface area contributed by atoms with E-state index in [0.717, 1.165) is 6.07 Å².